The van der Waals surface area contributed by atoms with Gasteiger partial charge in [0.1, 0.15) is 0 Å². The Morgan fingerprint density at radius 3 is 2.42 bits per heavy atom. The molecule has 1 heterocycles. The molecule has 0 saturated carbocycles. The van der Waals surface area contributed by atoms with Gasteiger partial charge in [-0.15, -0.1) is 0 Å². The van der Waals surface area contributed by atoms with Crippen LogP contribution in [-0.4, -0.2) is 29.1 Å². The third-order valence-corrected chi connectivity index (χ3v) is 3.42. The van der Waals surface area contributed by atoms with E-state index in [1.165, 1.54) is 12.1 Å². The van der Waals surface area contributed by atoms with Gasteiger partial charge in [0.05, 0.1) is 4.92 Å². The van der Waals surface area contributed by atoms with E-state index in [0.717, 1.165) is 5.69 Å². The minimum Gasteiger partial charge on any atom is -0.396 e. The Labute approximate surface area is 110 Å². The number of benzene rings is 1. The highest BCUT2D eigenvalue weighted by molar-refractivity contribution is 5.97. The first-order valence-electron chi connectivity index (χ1n) is 6.11. The summed E-state index contributed by atoms with van der Waals surface area (Å²) in [6, 6.07) is 2.95. The molecule has 1 atom stereocenters. The molecule has 1 aliphatic heterocycles. The van der Waals surface area contributed by atoms with Crippen LogP contribution in [0.4, 0.5) is 11.4 Å². The van der Waals surface area contributed by atoms with Crippen LogP contribution in [0.1, 0.15) is 17.5 Å². The molecule has 102 valence electrons. The number of carbonyl (C=O) groups excluding carboxylic acids is 1. The molecule has 1 saturated heterocycles. The third-order valence-electron chi connectivity index (χ3n) is 3.42. The Hall–Kier alpha value is -1.95. The maximum absolute atomic E-state index is 11.9. The van der Waals surface area contributed by atoms with Crippen molar-refractivity contribution in [1.29, 1.82) is 0 Å². The molecule has 0 aliphatic carbocycles. The van der Waals surface area contributed by atoms with Gasteiger partial charge in [0, 0.05) is 43.3 Å². The highest BCUT2D eigenvalue weighted by Gasteiger charge is 2.32. The quantitative estimate of drug-likeness (QED) is 0.663. The summed E-state index contributed by atoms with van der Waals surface area (Å²) in [7, 11) is 0. The normalized spacial score (nSPS) is 19.0. The second kappa shape index (κ2) is 4.97. The van der Waals surface area contributed by atoms with Gasteiger partial charge >= 0.3 is 0 Å². The first-order valence-corrected chi connectivity index (χ1v) is 6.11. The van der Waals surface area contributed by atoms with Gasteiger partial charge in [-0.1, -0.05) is 0 Å². The molecule has 6 nitrogen and oxygen atoms in total. The summed E-state index contributed by atoms with van der Waals surface area (Å²) in [4.78, 5) is 23.9. The standard InChI is InChI=1S/C13H16N2O4/c1-8-3-11(15(18)19)4-9(2)13(8)14-6-10(7-16)5-12(14)17/h3-4,10,16H,5-7H2,1-2H3. The largest absolute Gasteiger partial charge is 0.396 e. The molecule has 1 fully saturated rings. The van der Waals surface area contributed by atoms with Crippen molar-refractivity contribution in [1.82, 2.24) is 0 Å². The van der Waals surface area contributed by atoms with Gasteiger partial charge < -0.3 is 10.0 Å². The van der Waals surface area contributed by atoms with E-state index in [1.807, 2.05) is 0 Å². The Kier molecular flexibility index (Phi) is 3.53. The van der Waals surface area contributed by atoms with E-state index in [2.05, 4.69) is 0 Å². The zero-order chi connectivity index (χ0) is 14.2. The van der Waals surface area contributed by atoms with E-state index < -0.39 is 4.92 Å². The second-order valence-corrected chi connectivity index (χ2v) is 4.94. The molecular formula is C13H16N2O4. The second-order valence-electron chi connectivity index (χ2n) is 4.94. The predicted octanol–water partition coefficient (Wildman–Crippen LogP) is 1.56. The van der Waals surface area contributed by atoms with Gasteiger partial charge in [-0.3, -0.25) is 14.9 Å². The Morgan fingerprint density at radius 1 is 1.42 bits per heavy atom. The van der Waals surface area contributed by atoms with Crippen molar-refractivity contribution >= 4 is 17.3 Å². The molecule has 1 unspecified atom stereocenters. The van der Waals surface area contributed by atoms with Crippen molar-refractivity contribution in [2.75, 3.05) is 18.1 Å². The van der Waals surface area contributed by atoms with Crippen molar-refractivity contribution < 1.29 is 14.8 Å². The molecule has 1 N–H and O–H groups in total. The number of aryl methyl sites for hydroxylation is 2. The summed E-state index contributed by atoms with van der Waals surface area (Å²) in [5.41, 5.74) is 2.17. The minimum atomic E-state index is -0.438. The van der Waals surface area contributed by atoms with Crippen LogP contribution < -0.4 is 4.90 Å². The highest BCUT2D eigenvalue weighted by Crippen LogP contribution is 2.33. The van der Waals surface area contributed by atoms with Gasteiger partial charge in [-0.25, -0.2) is 0 Å². The van der Waals surface area contributed by atoms with Gasteiger partial charge in [0.2, 0.25) is 5.91 Å². The SMILES string of the molecule is Cc1cc([N+](=O)[O-])cc(C)c1N1CC(CO)CC1=O. The molecular weight excluding hydrogens is 248 g/mol. The van der Waals surface area contributed by atoms with E-state index in [0.29, 0.717) is 24.1 Å². The molecule has 1 aromatic carbocycles. The fourth-order valence-electron chi connectivity index (χ4n) is 2.58. The van der Waals surface area contributed by atoms with Gasteiger partial charge in [-0.05, 0) is 25.0 Å². The van der Waals surface area contributed by atoms with Crippen LogP contribution in [0.15, 0.2) is 12.1 Å². The maximum Gasteiger partial charge on any atom is 0.270 e. The molecule has 0 bridgehead atoms. The van der Waals surface area contributed by atoms with Gasteiger partial charge in [-0.2, -0.15) is 0 Å². The van der Waals surface area contributed by atoms with Crippen LogP contribution in [0.3, 0.4) is 0 Å². The Bertz CT molecular complexity index is 518. The van der Waals surface area contributed by atoms with Gasteiger partial charge in [0.15, 0.2) is 0 Å². The van der Waals surface area contributed by atoms with Crippen LogP contribution in [0.5, 0.6) is 0 Å². The predicted molar refractivity (Wildman–Crippen MR) is 70.1 cm³/mol. The van der Waals surface area contributed by atoms with Crippen LogP contribution in [0, 0.1) is 29.9 Å². The number of carbonyl (C=O) groups is 1. The van der Waals surface area contributed by atoms with Crippen molar-refractivity contribution in [3.63, 3.8) is 0 Å². The monoisotopic (exact) mass is 264 g/mol. The molecule has 0 aromatic heterocycles. The number of rotatable bonds is 3. The lowest BCUT2D eigenvalue weighted by molar-refractivity contribution is -0.384. The Morgan fingerprint density at radius 2 is 2.00 bits per heavy atom. The number of amides is 1. The molecule has 19 heavy (non-hydrogen) atoms. The van der Waals surface area contributed by atoms with E-state index >= 15 is 0 Å². The van der Waals surface area contributed by atoms with Crippen molar-refractivity contribution in [2.24, 2.45) is 5.92 Å². The van der Waals surface area contributed by atoms with Crippen LogP contribution in [-0.2, 0) is 4.79 Å². The summed E-state index contributed by atoms with van der Waals surface area (Å²) < 4.78 is 0. The summed E-state index contributed by atoms with van der Waals surface area (Å²) >= 11 is 0. The highest BCUT2D eigenvalue weighted by atomic mass is 16.6. The average Bonchev–Trinajstić information content (AvgIpc) is 2.70. The van der Waals surface area contributed by atoms with Crippen LogP contribution in [0.2, 0.25) is 0 Å². The number of nitro groups is 1. The number of hydrogen-bond acceptors (Lipinski definition) is 4. The third kappa shape index (κ3) is 2.44. The molecule has 1 aliphatic rings. The van der Waals surface area contributed by atoms with Crippen LogP contribution >= 0.6 is 0 Å². The van der Waals surface area contributed by atoms with Gasteiger partial charge in [0.25, 0.3) is 5.69 Å². The fourth-order valence-corrected chi connectivity index (χ4v) is 2.58. The minimum absolute atomic E-state index is 0.0205. The number of aliphatic hydroxyl groups is 1. The summed E-state index contributed by atoms with van der Waals surface area (Å²) in [5.74, 6) is -0.0967. The lowest BCUT2D eigenvalue weighted by Crippen LogP contribution is -2.26. The van der Waals surface area contributed by atoms with E-state index in [1.54, 1.807) is 18.7 Å². The summed E-state index contributed by atoms with van der Waals surface area (Å²) in [6.07, 6.45) is 0.326. The smallest absolute Gasteiger partial charge is 0.270 e. The molecule has 1 amide bonds. The molecule has 2 rings (SSSR count). The van der Waals surface area contributed by atoms with E-state index in [9.17, 15) is 14.9 Å². The number of hydrogen-bond donors (Lipinski definition) is 1. The maximum atomic E-state index is 11.9. The van der Waals surface area contributed by atoms with Crippen molar-refractivity contribution in [3.8, 4) is 0 Å². The first-order chi connectivity index (χ1) is 8.93. The van der Waals surface area contributed by atoms with E-state index in [-0.39, 0.29) is 24.1 Å². The van der Waals surface area contributed by atoms with Crippen molar-refractivity contribution in [2.45, 2.75) is 20.3 Å². The van der Waals surface area contributed by atoms with E-state index in [4.69, 9.17) is 5.11 Å². The number of nitrogens with zero attached hydrogens (tertiary/aromatic N) is 2. The van der Waals surface area contributed by atoms with Crippen LogP contribution in [0.25, 0.3) is 0 Å². The topological polar surface area (TPSA) is 83.7 Å². The Balaban J connectivity index is 2.41. The first kappa shape index (κ1) is 13.5. The molecule has 0 spiro atoms. The lowest BCUT2D eigenvalue weighted by Gasteiger charge is -2.21. The zero-order valence-corrected chi connectivity index (χ0v) is 10.9. The zero-order valence-electron chi connectivity index (χ0n) is 10.9. The summed E-state index contributed by atoms with van der Waals surface area (Å²) in [5, 5.41) is 19.9. The molecule has 0 radical (unpaired) electrons. The fraction of sp³-hybridized carbons (Fsp3) is 0.462. The number of aliphatic hydroxyl groups excluding tert-OH is 1. The number of anilines is 1. The number of nitro benzene ring substituents is 1. The lowest BCUT2D eigenvalue weighted by atomic mass is 10.1. The summed E-state index contributed by atoms with van der Waals surface area (Å²) in [6.45, 7) is 3.96. The molecule has 6 heteroatoms. The van der Waals surface area contributed by atoms with Crippen molar-refractivity contribution in [3.05, 3.63) is 33.4 Å². The molecule has 1 aromatic rings. The average molecular weight is 264 g/mol. The number of non-ortho nitro benzene ring substituents is 1.